The van der Waals surface area contributed by atoms with E-state index >= 15 is 0 Å². The minimum atomic E-state index is -0.247. The molecule has 0 aromatic heterocycles. The molecular weight excluding hydrogens is 247 g/mol. The molecule has 2 N–H and O–H groups in total. The number of fused-ring (bicyclic) bond motifs is 2. The summed E-state index contributed by atoms with van der Waals surface area (Å²) < 4.78 is 13.0. The van der Waals surface area contributed by atoms with Crippen LogP contribution in [0.2, 0.25) is 0 Å². The average molecular weight is 264 g/mol. The highest BCUT2D eigenvalue weighted by Gasteiger charge is 2.39. The van der Waals surface area contributed by atoms with Gasteiger partial charge in [0.15, 0.2) is 5.11 Å². The molecule has 0 aliphatic heterocycles. The highest BCUT2D eigenvalue weighted by Crippen LogP contribution is 2.44. The molecule has 96 valence electrons. The van der Waals surface area contributed by atoms with Crippen LogP contribution in [0.3, 0.4) is 0 Å². The van der Waals surface area contributed by atoms with Crippen molar-refractivity contribution in [2.45, 2.75) is 31.7 Å². The first-order valence-electron chi connectivity index (χ1n) is 6.54. The quantitative estimate of drug-likeness (QED) is 0.801. The molecule has 3 rings (SSSR count). The van der Waals surface area contributed by atoms with E-state index in [9.17, 15) is 4.39 Å². The summed E-state index contributed by atoms with van der Waals surface area (Å²) in [5.41, 5.74) is 0.704. The molecule has 0 radical (unpaired) electrons. The fourth-order valence-electron chi connectivity index (χ4n) is 3.32. The fraction of sp³-hybridized carbons (Fsp3) is 0.500. The van der Waals surface area contributed by atoms with Gasteiger partial charge in [0, 0.05) is 11.7 Å². The van der Waals surface area contributed by atoms with Gasteiger partial charge in [0.05, 0.1) is 0 Å². The van der Waals surface area contributed by atoms with E-state index in [0.717, 1.165) is 11.8 Å². The first-order chi connectivity index (χ1) is 8.70. The first-order valence-corrected chi connectivity index (χ1v) is 6.94. The molecule has 1 aromatic rings. The zero-order valence-electron chi connectivity index (χ0n) is 10.2. The molecule has 2 saturated carbocycles. The third-order valence-electron chi connectivity index (χ3n) is 4.14. The van der Waals surface area contributed by atoms with E-state index < -0.39 is 0 Å². The van der Waals surface area contributed by atoms with Crippen molar-refractivity contribution in [1.82, 2.24) is 5.32 Å². The van der Waals surface area contributed by atoms with Crippen LogP contribution in [0.15, 0.2) is 24.3 Å². The number of halogens is 1. The van der Waals surface area contributed by atoms with Crippen molar-refractivity contribution in [3.63, 3.8) is 0 Å². The number of thiocarbonyl (C=S) groups is 1. The Kier molecular flexibility index (Phi) is 3.20. The highest BCUT2D eigenvalue weighted by molar-refractivity contribution is 7.80. The first kappa shape index (κ1) is 11.9. The largest absolute Gasteiger partial charge is 0.359 e. The lowest BCUT2D eigenvalue weighted by Gasteiger charge is -2.24. The Labute approximate surface area is 112 Å². The summed E-state index contributed by atoms with van der Waals surface area (Å²) in [5, 5.41) is 7.03. The number of nitrogens with one attached hydrogen (secondary N) is 2. The van der Waals surface area contributed by atoms with E-state index in [1.807, 2.05) is 6.07 Å². The zero-order chi connectivity index (χ0) is 12.5. The van der Waals surface area contributed by atoms with E-state index in [2.05, 4.69) is 10.6 Å². The van der Waals surface area contributed by atoms with Gasteiger partial charge < -0.3 is 10.6 Å². The third kappa shape index (κ3) is 2.48. The van der Waals surface area contributed by atoms with Crippen molar-refractivity contribution >= 4 is 23.0 Å². The molecule has 2 nitrogen and oxygen atoms in total. The lowest BCUT2D eigenvalue weighted by atomic mass is 9.96. The topological polar surface area (TPSA) is 24.1 Å². The van der Waals surface area contributed by atoms with Crippen LogP contribution >= 0.6 is 12.2 Å². The van der Waals surface area contributed by atoms with E-state index in [1.165, 1.54) is 37.8 Å². The van der Waals surface area contributed by atoms with Gasteiger partial charge in [0.25, 0.3) is 0 Å². The summed E-state index contributed by atoms with van der Waals surface area (Å²) in [5.74, 6) is 1.43. The van der Waals surface area contributed by atoms with Crippen LogP contribution in [0, 0.1) is 17.7 Å². The molecule has 0 heterocycles. The molecule has 4 heteroatoms. The molecule has 0 unspecified atom stereocenters. The Bertz CT molecular complexity index is 463. The van der Waals surface area contributed by atoms with E-state index in [1.54, 1.807) is 6.07 Å². The van der Waals surface area contributed by atoms with Crippen LogP contribution in [0.4, 0.5) is 10.1 Å². The van der Waals surface area contributed by atoms with Gasteiger partial charge in [-0.1, -0.05) is 12.5 Å². The predicted molar refractivity (Wildman–Crippen MR) is 75.0 cm³/mol. The van der Waals surface area contributed by atoms with Crippen molar-refractivity contribution < 1.29 is 4.39 Å². The van der Waals surface area contributed by atoms with Crippen molar-refractivity contribution in [2.75, 3.05) is 5.32 Å². The maximum atomic E-state index is 13.0. The van der Waals surface area contributed by atoms with E-state index in [4.69, 9.17) is 12.2 Å². The van der Waals surface area contributed by atoms with E-state index in [-0.39, 0.29) is 5.82 Å². The lowest BCUT2D eigenvalue weighted by molar-refractivity contribution is 0.392. The second-order valence-electron chi connectivity index (χ2n) is 5.39. The number of benzene rings is 1. The predicted octanol–water partition coefficient (Wildman–Crippen LogP) is 3.30. The Hall–Kier alpha value is -1.16. The molecule has 0 amide bonds. The summed E-state index contributed by atoms with van der Waals surface area (Å²) in [6.07, 6.45) is 5.29. The standard InChI is InChI=1S/C14H17FN2S/c15-11-2-1-3-12(8-11)16-14(18)17-13-7-9-4-5-10(13)6-9/h1-3,8-10,13H,4-7H2,(H2,16,17,18)/t9-,10-,13+/m0/s1. The van der Waals surface area contributed by atoms with Crippen LogP contribution in [0.1, 0.15) is 25.7 Å². The average Bonchev–Trinajstić information content (AvgIpc) is 2.90. The molecule has 3 atom stereocenters. The van der Waals surface area contributed by atoms with Gasteiger partial charge >= 0.3 is 0 Å². The molecule has 2 bridgehead atoms. The summed E-state index contributed by atoms with van der Waals surface area (Å²) in [7, 11) is 0. The highest BCUT2D eigenvalue weighted by atomic mass is 32.1. The molecule has 0 saturated heterocycles. The van der Waals surface area contributed by atoms with Crippen molar-refractivity contribution in [3.05, 3.63) is 30.1 Å². The number of hydrogen-bond donors (Lipinski definition) is 2. The van der Waals surface area contributed by atoms with Crippen LogP contribution < -0.4 is 10.6 Å². The van der Waals surface area contributed by atoms with Gasteiger partial charge in [-0.3, -0.25) is 0 Å². The number of anilines is 1. The van der Waals surface area contributed by atoms with Crippen LogP contribution in [0.5, 0.6) is 0 Å². The Morgan fingerprint density at radius 3 is 2.83 bits per heavy atom. The molecule has 18 heavy (non-hydrogen) atoms. The minimum absolute atomic E-state index is 0.247. The summed E-state index contributed by atoms with van der Waals surface area (Å²) >= 11 is 5.29. The summed E-state index contributed by atoms with van der Waals surface area (Å²) in [6.45, 7) is 0. The van der Waals surface area contributed by atoms with Crippen LogP contribution in [-0.4, -0.2) is 11.2 Å². The molecule has 2 aliphatic rings. The minimum Gasteiger partial charge on any atom is -0.359 e. The van der Waals surface area contributed by atoms with Crippen LogP contribution in [-0.2, 0) is 0 Å². The summed E-state index contributed by atoms with van der Waals surface area (Å²) in [4.78, 5) is 0. The van der Waals surface area contributed by atoms with Crippen molar-refractivity contribution in [2.24, 2.45) is 11.8 Å². The maximum absolute atomic E-state index is 13.0. The van der Waals surface area contributed by atoms with Gasteiger partial charge in [-0.2, -0.15) is 0 Å². The molecule has 0 spiro atoms. The smallest absolute Gasteiger partial charge is 0.171 e. The third-order valence-corrected chi connectivity index (χ3v) is 4.36. The maximum Gasteiger partial charge on any atom is 0.171 e. The SMILES string of the molecule is Fc1cccc(NC(=S)N[C@@H]2C[C@H]3CC[C@H]2C3)c1. The van der Waals surface area contributed by atoms with Crippen LogP contribution in [0.25, 0.3) is 0 Å². The van der Waals surface area contributed by atoms with Gasteiger partial charge in [0.1, 0.15) is 5.82 Å². The van der Waals surface area contributed by atoms with Gasteiger partial charge in [-0.25, -0.2) is 4.39 Å². The second kappa shape index (κ2) is 4.84. The monoisotopic (exact) mass is 264 g/mol. The molecular formula is C14H17FN2S. The van der Waals surface area contributed by atoms with Gasteiger partial charge in [0.2, 0.25) is 0 Å². The fourth-order valence-corrected chi connectivity index (χ4v) is 3.59. The number of rotatable bonds is 2. The zero-order valence-corrected chi connectivity index (χ0v) is 11.0. The molecule has 2 fully saturated rings. The molecule has 2 aliphatic carbocycles. The lowest BCUT2D eigenvalue weighted by Crippen LogP contribution is -2.40. The van der Waals surface area contributed by atoms with Crippen molar-refractivity contribution in [1.29, 1.82) is 0 Å². The molecule has 1 aromatic carbocycles. The Balaban J connectivity index is 1.56. The van der Waals surface area contributed by atoms with E-state index in [0.29, 0.717) is 16.8 Å². The van der Waals surface area contributed by atoms with Crippen molar-refractivity contribution in [3.8, 4) is 0 Å². The number of hydrogen-bond acceptors (Lipinski definition) is 1. The Morgan fingerprint density at radius 2 is 2.17 bits per heavy atom. The summed E-state index contributed by atoms with van der Waals surface area (Å²) in [6, 6.07) is 6.89. The Morgan fingerprint density at radius 1 is 1.28 bits per heavy atom. The normalized spacial score (nSPS) is 29.3. The second-order valence-corrected chi connectivity index (χ2v) is 5.80. The van der Waals surface area contributed by atoms with Gasteiger partial charge in [-0.05, 0) is 61.5 Å². The van der Waals surface area contributed by atoms with Gasteiger partial charge in [-0.15, -0.1) is 0 Å².